The lowest BCUT2D eigenvalue weighted by Gasteiger charge is -2.33. The number of amides is 1. The van der Waals surface area contributed by atoms with Gasteiger partial charge >= 0.3 is 0 Å². The average Bonchev–Trinajstić information content (AvgIpc) is 3.14. The molecule has 2 aromatic heterocycles. The molecule has 7 heteroatoms. The van der Waals surface area contributed by atoms with Gasteiger partial charge in [0.1, 0.15) is 0 Å². The number of pyridine rings is 1. The van der Waals surface area contributed by atoms with Crippen molar-refractivity contribution in [2.24, 2.45) is 5.92 Å². The minimum atomic E-state index is -0.248. The van der Waals surface area contributed by atoms with Crippen molar-refractivity contribution >= 4 is 16.8 Å². The Hall–Kier alpha value is -2.96. The maximum atomic E-state index is 13.2. The Kier molecular flexibility index (Phi) is 5.23. The summed E-state index contributed by atoms with van der Waals surface area (Å²) in [5.74, 6) is 0.263. The third-order valence-electron chi connectivity index (χ3n) is 5.32. The lowest BCUT2D eigenvalue weighted by atomic mass is 9.97. The molecule has 1 aromatic carbocycles. The van der Waals surface area contributed by atoms with Crippen molar-refractivity contribution in [3.8, 4) is 0 Å². The van der Waals surface area contributed by atoms with Crippen LogP contribution in [0.1, 0.15) is 42.2 Å². The first kappa shape index (κ1) is 18.4. The van der Waals surface area contributed by atoms with Crippen molar-refractivity contribution in [2.45, 2.75) is 39.2 Å². The lowest BCUT2D eigenvalue weighted by Crippen LogP contribution is -2.41. The molecule has 3 aromatic rings. The highest BCUT2D eigenvalue weighted by Crippen LogP contribution is 2.22. The zero-order chi connectivity index (χ0) is 19.5. The zero-order valence-corrected chi connectivity index (χ0v) is 16.1. The third kappa shape index (κ3) is 3.83. The predicted octanol–water partition coefficient (Wildman–Crippen LogP) is 2.62. The fourth-order valence-corrected chi connectivity index (χ4v) is 4.01. The second-order valence-corrected chi connectivity index (χ2v) is 7.53. The Morgan fingerprint density at radius 2 is 2.18 bits per heavy atom. The number of hydrogen-bond acceptors (Lipinski definition) is 4. The van der Waals surface area contributed by atoms with Crippen LogP contribution in [0.15, 0.2) is 41.3 Å². The Morgan fingerprint density at radius 3 is 3.04 bits per heavy atom. The van der Waals surface area contributed by atoms with Crippen LogP contribution in [-0.2, 0) is 13.0 Å². The van der Waals surface area contributed by atoms with Gasteiger partial charge < -0.3 is 9.88 Å². The van der Waals surface area contributed by atoms with Crippen LogP contribution in [-0.4, -0.2) is 43.9 Å². The van der Waals surface area contributed by atoms with Crippen molar-refractivity contribution in [2.75, 3.05) is 13.1 Å². The number of likely N-dealkylation sites (tertiary alicyclic amines) is 1. The van der Waals surface area contributed by atoms with Crippen LogP contribution in [0.4, 0.5) is 0 Å². The van der Waals surface area contributed by atoms with Crippen LogP contribution >= 0.6 is 0 Å². The molecule has 0 saturated carbocycles. The predicted molar refractivity (Wildman–Crippen MR) is 107 cm³/mol. The minimum Gasteiger partial charge on any atom is -0.338 e. The van der Waals surface area contributed by atoms with Crippen molar-refractivity contribution < 1.29 is 4.79 Å². The summed E-state index contributed by atoms with van der Waals surface area (Å²) in [7, 11) is 0. The van der Waals surface area contributed by atoms with Crippen LogP contribution in [0, 0.1) is 5.92 Å². The minimum absolute atomic E-state index is 0.0720. The number of para-hydroxylation sites is 1. The standard InChI is InChI=1S/C21H25N5O2/c1-2-6-16-14-26(24-23-16)13-15-7-5-10-25(12-15)21(28)18-11-20(27)22-19-9-4-3-8-17(18)19/h3-4,8-9,11,14-15H,2,5-7,10,12-13H2,1H3,(H,22,27). The maximum Gasteiger partial charge on any atom is 0.254 e. The number of rotatable bonds is 5. The highest BCUT2D eigenvalue weighted by molar-refractivity contribution is 6.05. The monoisotopic (exact) mass is 379 g/mol. The topological polar surface area (TPSA) is 83.9 Å². The molecular weight excluding hydrogens is 354 g/mol. The van der Waals surface area contributed by atoms with Gasteiger partial charge in [-0.3, -0.25) is 14.3 Å². The fourth-order valence-electron chi connectivity index (χ4n) is 4.01. The summed E-state index contributed by atoms with van der Waals surface area (Å²) in [5.41, 5.74) is 1.94. The number of carbonyl (C=O) groups is 1. The molecule has 0 radical (unpaired) electrons. The quantitative estimate of drug-likeness (QED) is 0.739. The average molecular weight is 379 g/mol. The van der Waals surface area contributed by atoms with E-state index in [2.05, 4.69) is 22.2 Å². The van der Waals surface area contributed by atoms with Crippen LogP contribution in [0.2, 0.25) is 0 Å². The number of nitrogens with one attached hydrogen (secondary N) is 1. The molecule has 1 saturated heterocycles. The Labute approximate surface area is 163 Å². The first-order valence-corrected chi connectivity index (χ1v) is 9.94. The Balaban J connectivity index is 1.51. The lowest BCUT2D eigenvalue weighted by molar-refractivity contribution is 0.0661. The second-order valence-electron chi connectivity index (χ2n) is 7.53. The number of nitrogens with zero attached hydrogens (tertiary/aromatic N) is 4. The summed E-state index contributed by atoms with van der Waals surface area (Å²) >= 11 is 0. The summed E-state index contributed by atoms with van der Waals surface area (Å²) in [6, 6.07) is 8.86. The molecule has 1 fully saturated rings. The van der Waals surface area contributed by atoms with Crippen LogP contribution < -0.4 is 5.56 Å². The number of aryl methyl sites for hydroxylation is 1. The molecular formula is C21H25N5O2. The van der Waals surface area contributed by atoms with E-state index in [0.29, 0.717) is 23.5 Å². The smallest absolute Gasteiger partial charge is 0.254 e. The molecule has 0 bridgehead atoms. The number of piperidine rings is 1. The number of H-pyrrole nitrogens is 1. The van der Waals surface area contributed by atoms with Crippen molar-refractivity contribution in [3.05, 3.63) is 58.1 Å². The number of aromatic nitrogens is 4. The van der Waals surface area contributed by atoms with Gasteiger partial charge in [-0.15, -0.1) is 5.10 Å². The van der Waals surface area contributed by atoms with Gasteiger partial charge in [-0.1, -0.05) is 36.8 Å². The highest BCUT2D eigenvalue weighted by Gasteiger charge is 2.26. The van der Waals surface area contributed by atoms with E-state index < -0.39 is 0 Å². The molecule has 28 heavy (non-hydrogen) atoms. The number of benzene rings is 1. The van der Waals surface area contributed by atoms with Gasteiger partial charge in [-0.05, 0) is 31.2 Å². The van der Waals surface area contributed by atoms with Crippen LogP contribution in [0.25, 0.3) is 10.9 Å². The Bertz CT molecular complexity index is 1040. The molecule has 1 aliphatic rings. The molecule has 1 atom stereocenters. The molecule has 146 valence electrons. The van der Waals surface area contributed by atoms with Crippen molar-refractivity contribution in [3.63, 3.8) is 0 Å². The summed E-state index contributed by atoms with van der Waals surface area (Å²) < 4.78 is 1.90. The van der Waals surface area contributed by atoms with Crippen molar-refractivity contribution in [1.29, 1.82) is 0 Å². The molecule has 0 spiro atoms. The zero-order valence-electron chi connectivity index (χ0n) is 16.1. The molecule has 1 amide bonds. The van der Waals surface area contributed by atoms with Gasteiger partial charge in [0.25, 0.3) is 5.91 Å². The molecule has 1 unspecified atom stereocenters. The SMILES string of the molecule is CCCc1cn(CC2CCCN(C(=O)c3cc(=O)[nH]c4ccccc34)C2)nn1. The maximum absolute atomic E-state index is 13.2. The molecule has 1 N–H and O–H groups in total. The normalized spacial score (nSPS) is 17.2. The summed E-state index contributed by atoms with van der Waals surface area (Å²) in [4.78, 5) is 29.9. The first-order chi connectivity index (χ1) is 13.6. The second kappa shape index (κ2) is 7.96. The Morgan fingerprint density at radius 1 is 1.32 bits per heavy atom. The summed E-state index contributed by atoms with van der Waals surface area (Å²) in [6.07, 6.45) is 6.00. The molecule has 7 nitrogen and oxygen atoms in total. The summed E-state index contributed by atoms with van der Waals surface area (Å²) in [6.45, 7) is 4.27. The fraction of sp³-hybridized carbons (Fsp3) is 0.429. The van der Waals surface area contributed by atoms with Gasteiger partial charge in [0, 0.05) is 42.8 Å². The van der Waals surface area contributed by atoms with Crippen molar-refractivity contribution in [1.82, 2.24) is 24.9 Å². The number of hydrogen-bond donors (Lipinski definition) is 1. The highest BCUT2D eigenvalue weighted by atomic mass is 16.2. The molecule has 4 rings (SSSR count). The van der Waals surface area contributed by atoms with Gasteiger partial charge in [0.05, 0.1) is 11.3 Å². The van der Waals surface area contributed by atoms with E-state index in [9.17, 15) is 9.59 Å². The molecule has 1 aliphatic heterocycles. The van der Waals surface area contributed by atoms with Gasteiger partial charge in [0.15, 0.2) is 0 Å². The van der Waals surface area contributed by atoms with Gasteiger partial charge in [-0.25, -0.2) is 0 Å². The van der Waals surface area contributed by atoms with E-state index in [1.165, 1.54) is 6.07 Å². The number of fused-ring (bicyclic) bond motifs is 1. The largest absolute Gasteiger partial charge is 0.338 e. The van der Waals surface area contributed by atoms with E-state index in [4.69, 9.17) is 0 Å². The van der Waals surface area contributed by atoms with E-state index in [-0.39, 0.29) is 11.5 Å². The van der Waals surface area contributed by atoms with Crippen LogP contribution in [0.3, 0.4) is 0 Å². The molecule has 0 aliphatic carbocycles. The molecule has 3 heterocycles. The number of aromatic amines is 1. The van der Waals surface area contributed by atoms with E-state index >= 15 is 0 Å². The first-order valence-electron chi connectivity index (χ1n) is 9.94. The van der Waals surface area contributed by atoms with Crippen LogP contribution in [0.5, 0.6) is 0 Å². The van der Waals surface area contributed by atoms with E-state index in [0.717, 1.165) is 49.9 Å². The van der Waals surface area contributed by atoms with E-state index in [1.54, 1.807) is 0 Å². The van der Waals surface area contributed by atoms with E-state index in [1.807, 2.05) is 40.0 Å². The van der Waals surface area contributed by atoms with Gasteiger partial charge in [-0.2, -0.15) is 0 Å². The number of carbonyl (C=O) groups excluding carboxylic acids is 1. The van der Waals surface area contributed by atoms with Gasteiger partial charge in [0.2, 0.25) is 5.56 Å². The summed E-state index contributed by atoms with van der Waals surface area (Å²) in [5, 5.41) is 9.23. The third-order valence-corrected chi connectivity index (χ3v) is 5.32.